The maximum atomic E-state index is 11.1. The molecule has 0 radical (unpaired) electrons. The van der Waals surface area contributed by atoms with E-state index in [1.807, 2.05) is 0 Å². The predicted molar refractivity (Wildman–Crippen MR) is 351 cm³/mol. The molecule has 0 spiro atoms. The number of unbranched alkanes of at least 4 members (excludes halogenated alkanes) is 45. The molecule has 0 amide bonds. The summed E-state index contributed by atoms with van der Waals surface area (Å²) in [6, 6.07) is 17.0. The molecule has 0 saturated carbocycles. The van der Waals surface area contributed by atoms with Crippen LogP contribution < -0.4 is 0 Å². The molecule has 3 rings (SSSR count). The van der Waals surface area contributed by atoms with Crippen molar-refractivity contribution in [1.82, 2.24) is 0 Å². The largest absolute Gasteiger partial charge is 2.00 e. The monoisotopic (exact) mass is 1130 g/mol. The van der Waals surface area contributed by atoms with Crippen molar-refractivity contribution in [2.75, 3.05) is 0 Å². The summed E-state index contributed by atoms with van der Waals surface area (Å²) in [4.78, 5) is 0. The summed E-state index contributed by atoms with van der Waals surface area (Å²) in [5.74, 6) is 0. The van der Waals surface area contributed by atoms with Crippen LogP contribution in [0.3, 0.4) is 0 Å². The van der Waals surface area contributed by atoms with Crippen molar-refractivity contribution in [3.8, 4) is 0 Å². The Morgan fingerprint density at radius 2 is 0.620 bits per heavy atom. The average Bonchev–Trinajstić information content (AvgIpc) is 3.84. The van der Waals surface area contributed by atoms with Crippen LogP contribution in [0.25, 0.3) is 16.9 Å². The summed E-state index contributed by atoms with van der Waals surface area (Å²) in [6.45, 7) is 21.9. The first-order valence-electron chi connectivity index (χ1n) is 34.7. The van der Waals surface area contributed by atoms with Gasteiger partial charge in [-0.25, -0.2) is 4.70 Å². The molecule has 0 fully saturated rings. The predicted octanol–water partition coefficient (Wildman–Crippen LogP) is 26.7. The second-order valence-corrected chi connectivity index (χ2v) is 23.8. The Hall–Kier alpha value is -2.51. The molecule has 0 atom stereocenters. The van der Waals surface area contributed by atoms with E-state index in [0.717, 1.165) is 67.5 Å². The minimum atomic E-state index is 0. The maximum absolute atomic E-state index is 11.1. The number of aryl methyl sites for hydroxylation is 2. The van der Waals surface area contributed by atoms with Crippen LogP contribution in [0.2, 0.25) is 0 Å². The van der Waals surface area contributed by atoms with Crippen molar-refractivity contribution >= 4 is 11.4 Å². The van der Waals surface area contributed by atoms with E-state index in [-0.39, 0.29) is 16.5 Å². The number of nitrogens with zero attached hydrogens (tertiary/aromatic N) is 2. The van der Waals surface area contributed by atoms with Crippen LogP contribution in [-0.4, -0.2) is 4.70 Å². The molecule has 79 heavy (non-hydrogen) atoms. The van der Waals surface area contributed by atoms with Crippen LogP contribution >= 0.6 is 0 Å². The van der Waals surface area contributed by atoms with E-state index < -0.39 is 0 Å². The number of allylic oxidation sites excluding steroid dienone is 4. The number of rotatable bonds is 53. The molecular formula is C76H130N2Ni. The molecule has 0 unspecified atom stereocenters. The molecule has 1 aliphatic rings. The Bertz CT molecular complexity index is 1660. The summed E-state index contributed by atoms with van der Waals surface area (Å²) >= 11 is 0. The Balaban J connectivity index is 0.00000115. The van der Waals surface area contributed by atoms with Crippen molar-refractivity contribution in [3.05, 3.63) is 113 Å². The van der Waals surface area contributed by atoms with Crippen LogP contribution in [0.4, 0.5) is 0 Å². The molecular weight excluding hydrogens is 1000 g/mol. The van der Waals surface area contributed by atoms with E-state index in [0.29, 0.717) is 0 Å². The van der Waals surface area contributed by atoms with E-state index in [4.69, 9.17) is 13.2 Å². The first-order valence-corrected chi connectivity index (χ1v) is 34.7. The van der Waals surface area contributed by atoms with Crippen molar-refractivity contribution in [3.63, 3.8) is 0 Å². The van der Waals surface area contributed by atoms with Crippen LogP contribution in [0.1, 0.15) is 371 Å². The quantitative estimate of drug-likeness (QED) is 0.0273. The zero-order valence-electron chi connectivity index (χ0n) is 53.3. The van der Waals surface area contributed by atoms with Crippen molar-refractivity contribution < 1.29 is 21.2 Å². The molecule has 1 heterocycles. The van der Waals surface area contributed by atoms with Gasteiger partial charge < -0.3 is 18.7 Å². The Morgan fingerprint density at radius 3 is 0.899 bits per heavy atom. The Labute approximate surface area is 505 Å². The van der Waals surface area contributed by atoms with E-state index in [9.17, 15) is 5.53 Å². The number of benzene rings is 2. The summed E-state index contributed by atoms with van der Waals surface area (Å²) < 4.78 is 1.40. The molecule has 0 aliphatic carbocycles. The van der Waals surface area contributed by atoms with Gasteiger partial charge in [-0.2, -0.15) is 0 Å². The van der Waals surface area contributed by atoms with E-state index >= 15 is 0 Å². The molecule has 2 nitrogen and oxygen atoms in total. The molecule has 1 aliphatic heterocycles. The fraction of sp³-hybridized carbons (Fsp3) is 0.737. The van der Waals surface area contributed by atoms with Crippen LogP contribution in [0.15, 0.2) is 72.3 Å². The molecule has 2 aromatic rings. The average molecular weight is 1130 g/mol. The van der Waals surface area contributed by atoms with Gasteiger partial charge in [0.1, 0.15) is 0 Å². The first-order chi connectivity index (χ1) is 38.5. The fourth-order valence-corrected chi connectivity index (χ4v) is 11.3. The molecule has 3 heteroatoms. The van der Waals surface area contributed by atoms with Gasteiger partial charge in [-0.3, -0.25) is 12.2 Å². The van der Waals surface area contributed by atoms with Crippen molar-refractivity contribution in [1.29, 1.82) is 0 Å². The second-order valence-electron chi connectivity index (χ2n) is 23.8. The molecule has 0 N–H and O–H groups in total. The van der Waals surface area contributed by atoms with Gasteiger partial charge in [0.2, 0.25) is 11.4 Å². The zero-order chi connectivity index (χ0) is 56.5. The van der Waals surface area contributed by atoms with Crippen LogP contribution in [0, 0.1) is 13.2 Å². The van der Waals surface area contributed by atoms with Gasteiger partial charge in [0.25, 0.3) is 0 Å². The molecule has 2 aromatic carbocycles. The summed E-state index contributed by atoms with van der Waals surface area (Å²) in [5, 5.41) is 0. The van der Waals surface area contributed by atoms with Gasteiger partial charge in [0.15, 0.2) is 0 Å². The smallest absolute Gasteiger partial charge is 0.518 e. The zero-order valence-corrected chi connectivity index (χ0v) is 54.3. The first kappa shape index (κ1) is 76.5. The Morgan fingerprint density at radius 1 is 0.354 bits per heavy atom. The normalized spacial score (nSPS) is 12.0. The molecule has 0 bridgehead atoms. The third-order valence-corrected chi connectivity index (χ3v) is 16.5. The van der Waals surface area contributed by atoms with Crippen LogP contribution in [0.5, 0.6) is 0 Å². The van der Waals surface area contributed by atoms with Gasteiger partial charge >= 0.3 is 16.5 Å². The third kappa shape index (κ3) is 44.7. The van der Waals surface area contributed by atoms with Crippen molar-refractivity contribution in [2.24, 2.45) is 0 Å². The third-order valence-electron chi connectivity index (χ3n) is 16.5. The SMILES string of the molecule is CCCCC1=C(c2cccc(CC)c2)[N+](=[N-])C(c2cccc(CC)c2)=C1.[CH-]=CCCCCCCCCCCCCCCCCCCCCCCCC.[CH-]=CCCCCCCCCCCCCCCCCCCCCCCCC.[Ni+2]. The molecule has 0 aromatic heterocycles. The topological polar surface area (TPSA) is 25.3 Å². The van der Waals surface area contributed by atoms with Crippen molar-refractivity contribution in [2.45, 2.75) is 362 Å². The maximum Gasteiger partial charge on any atom is 2.00 e. The van der Waals surface area contributed by atoms with E-state index in [1.165, 1.54) is 304 Å². The standard InChI is InChI=1S/2C26H51.C24H28N2.Ni/c2*1-3-5-7-9-11-13-15-17-19-21-23-25-26-24-22-20-18-16-14-12-10-8-6-4-2;1-4-7-12-22-17-23(20-13-8-10-18(5-2)15-20)26(25)24(22)21-14-9-11-19(6-3)16-21;/h2*1,3H,4-26H2,2H3;8-11,13-17H,4-7,12H2,1-3H3;/q2*-1;;+2. The minimum Gasteiger partial charge on any atom is -0.518 e. The summed E-state index contributed by atoms with van der Waals surface area (Å²) in [7, 11) is 0. The minimum absolute atomic E-state index is 0. The van der Waals surface area contributed by atoms with Crippen LogP contribution in [-0.2, 0) is 29.3 Å². The number of hydrogen-bond acceptors (Lipinski definition) is 0. The van der Waals surface area contributed by atoms with Gasteiger partial charge in [-0.15, -0.1) is 0 Å². The van der Waals surface area contributed by atoms with Gasteiger partial charge in [-0.1, -0.05) is 361 Å². The molecule has 0 saturated heterocycles. The van der Waals surface area contributed by atoms with E-state index in [1.54, 1.807) is 12.2 Å². The van der Waals surface area contributed by atoms with Gasteiger partial charge in [-0.05, 0) is 61.1 Å². The summed E-state index contributed by atoms with van der Waals surface area (Å²) in [5.41, 5.74) is 18.8. The summed E-state index contributed by atoms with van der Waals surface area (Å²) in [6.07, 6.45) is 77.0. The molecule has 454 valence electrons. The fourth-order valence-electron chi connectivity index (χ4n) is 11.3. The van der Waals surface area contributed by atoms with Gasteiger partial charge in [0.05, 0.1) is 0 Å². The van der Waals surface area contributed by atoms with Gasteiger partial charge in [0, 0.05) is 22.8 Å². The number of hydrogen-bond donors (Lipinski definition) is 0. The second kappa shape index (κ2) is 60.1. The Kier molecular flexibility index (Phi) is 58.2. The van der Waals surface area contributed by atoms with E-state index in [2.05, 4.69) is 89.2 Å².